The fourth-order valence-corrected chi connectivity index (χ4v) is 6.08. The third-order valence-corrected chi connectivity index (χ3v) is 7.95. The maximum Gasteiger partial charge on any atom is 0.290 e. The molecular formula is C23H26ClN3O4S2. The molecule has 0 spiro atoms. The molecule has 3 aromatic rings. The summed E-state index contributed by atoms with van der Waals surface area (Å²) in [6.07, 6.45) is 0.986. The summed E-state index contributed by atoms with van der Waals surface area (Å²) in [5.74, 6) is -0.119. The fourth-order valence-electron chi connectivity index (χ4n) is 3.84. The van der Waals surface area contributed by atoms with Crippen LogP contribution in [-0.4, -0.2) is 48.5 Å². The summed E-state index contributed by atoms with van der Waals surface area (Å²) in [6, 6.07) is 15.4. The van der Waals surface area contributed by atoms with Gasteiger partial charge in [0.1, 0.15) is 0 Å². The number of halogens is 1. The van der Waals surface area contributed by atoms with Crippen LogP contribution in [0, 0.1) is 0 Å². The Kier molecular flexibility index (Phi) is 8.47. The van der Waals surface area contributed by atoms with E-state index in [0.717, 1.165) is 31.7 Å². The SMILES string of the molecule is C[C@]1(Nc2ccc(S(=O)(=O)Cc3cscn3)cc2Cl)CCN(Cc2ccccc2)C1.O=CO. The molecule has 1 saturated heterocycles. The Morgan fingerprint density at radius 3 is 2.64 bits per heavy atom. The molecule has 2 heterocycles. The van der Waals surface area contributed by atoms with Gasteiger partial charge in [0.15, 0.2) is 9.84 Å². The zero-order chi connectivity index (χ0) is 23.9. The fraction of sp³-hybridized carbons (Fsp3) is 0.304. The van der Waals surface area contributed by atoms with Gasteiger partial charge in [0.2, 0.25) is 0 Å². The zero-order valence-corrected chi connectivity index (χ0v) is 20.5. The largest absolute Gasteiger partial charge is 0.483 e. The molecule has 0 saturated carbocycles. The lowest BCUT2D eigenvalue weighted by Gasteiger charge is -2.28. The molecule has 33 heavy (non-hydrogen) atoms. The molecule has 7 nitrogen and oxygen atoms in total. The van der Waals surface area contributed by atoms with Gasteiger partial charge in [-0.3, -0.25) is 9.69 Å². The minimum absolute atomic E-state index is 0.119. The van der Waals surface area contributed by atoms with Crippen LogP contribution in [-0.2, 0) is 26.9 Å². The van der Waals surface area contributed by atoms with E-state index in [9.17, 15) is 8.42 Å². The molecule has 1 fully saturated rings. The van der Waals surface area contributed by atoms with Crippen molar-refractivity contribution >= 4 is 44.9 Å². The van der Waals surface area contributed by atoms with Crippen molar-refractivity contribution in [2.45, 2.75) is 36.1 Å². The van der Waals surface area contributed by atoms with Crippen molar-refractivity contribution in [3.63, 3.8) is 0 Å². The second-order valence-corrected chi connectivity index (χ2v) is 11.2. The maximum atomic E-state index is 12.7. The molecule has 176 valence electrons. The summed E-state index contributed by atoms with van der Waals surface area (Å²) in [5, 5.41) is 12.6. The number of carboxylic acid groups (broad SMARTS) is 1. The molecule has 0 aliphatic carbocycles. The highest BCUT2D eigenvalue weighted by Gasteiger charge is 2.34. The van der Waals surface area contributed by atoms with E-state index in [1.807, 2.05) is 6.07 Å². The van der Waals surface area contributed by atoms with Crippen LogP contribution in [0.2, 0.25) is 5.02 Å². The van der Waals surface area contributed by atoms with Gasteiger partial charge >= 0.3 is 0 Å². The van der Waals surface area contributed by atoms with Gasteiger partial charge < -0.3 is 10.4 Å². The monoisotopic (exact) mass is 507 g/mol. The minimum Gasteiger partial charge on any atom is -0.483 e. The first-order valence-corrected chi connectivity index (χ1v) is 13.2. The van der Waals surface area contributed by atoms with Crippen LogP contribution in [0.4, 0.5) is 5.69 Å². The average Bonchev–Trinajstić information content (AvgIpc) is 3.40. The van der Waals surface area contributed by atoms with Gasteiger partial charge in [-0.15, -0.1) is 11.3 Å². The van der Waals surface area contributed by atoms with Crippen molar-refractivity contribution in [1.82, 2.24) is 9.88 Å². The molecule has 0 unspecified atom stereocenters. The summed E-state index contributed by atoms with van der Waals surface area (Å²) in [6.45, 7) is 4.74. The number of likely N-dealkylation sites (tertiary alicyclic amines) is 1. The molecule has 4 rings (SSSR count). The summed E-state index contributed by atoms with van der Waals surface area (Å²) in [5.41, 5.74) is 4.12. The second-order valence-electron chi connectivity index (χ2n) is 8.12. The van der Waals surface area contributed by atoms with E-state index >= 15 is 0 Å². The van der Waals surface area contributed by atoms with Crippen molar-refractivity contribution < 1.29 is 18.3 Å². The summed E-state index contributed by atoms with van der Waals surface area (Å²) in [4.78, 5) is 15.1. The van der Waals surface area contributed by atoms with Gasteiger partial charge in [-0.25, -0.2) is 13.4 Å². The van der Waals surface area contributed by atoms with E-state index in [0.29, 0.717) is 10.7 Å². The molecule has 2 N–H and O–H groups in total. The van der Waals surface area contributed by atoms with Crippen LogP contribution in [0.15, 0.2) is 64.3 Å². The number of aromatic nitrogens is 1. The Morgan fingerprint density at radius 2 is 2.00 bits per heavy atom. The normalized spacial score (nSPS) is 18.4. The molecule has 0 bridgehead atoms. The lowest BCUT2D eigenvalue weighted by molar-refractivity contribution is -0.122. The van der Waals surface area contributed by atoms with Crippen molar-refractivity contribution in [2.24, 2.45) is 0 Å². The maximum absolute atomic E-state index is 12.7. The van der Waals surface area contributed by atoms with E-state index in [2.05, 4.69) is 46.4 Å². The first-order chi connectivity index (χ1) is 15.7. The smallest absolute Gasteiger partial charge is 0.290 e. The first kappa shape index (κ1) is 25.2. The van der Waals surface area contributed by atoms with Crippen LogP contribution in [0.25, 0.3) is 0 Å². The lowest BCUT2D eigenvalue weighted by Crippen LogP contribution is -2.38. The molecule has 1 aliphatic heterocycles. The molecule has 1 aromatic heterocycles. The van der Waals surface area contributed by atoms with Crippen LogP contribution < -0.4 is 5.32 Å². The third-order valence-electron chi connectivity index (χ3n) is 5.36. The molecule has 1 atom stereocenters. The van der Waals surface area contributed by atoms with E-state index < -0.39 is 9.84 Å². The standard InChI is InChI=1S/C22H24ClN3O2S2.CH2O2/c1-22(9-10-26(15-22)12-17-5-3-2-4-6-17)25-21-8-7-19(11-20(21)23)30(27,28)14-18-13-29-16-24-18;2-1-3/h2-8,11,13,16,25H,9-10,12,14-15H2,1H3;1H,(H,2,3)/t22-;/m0./s1. The van der Waals surface area contributed by atoms with E-state index in [1.165, 1.54) is 23.0 Å². The number of thiazole rings is 1. The van der Waals surface area contributed by atoms with E-state index in [4.69, 9.17) is 21.5 Å². The number of hydrogen-bond acceptors (Lipinski definition) is 7. The average molecular weight is 508 g/mol. The highest BCUT2D eigenvalue weighted by atomic mass is 35.5. The second kappa shape index (κ2) is 11.1. The molecule has 0 amide bonds. The number of benzene rings is 2. The molecular weight excluding hydrogens is 482 g/mol. The van der Waals surface area contributed by atoms with Crippen LogP contribution in [0.1, 0.15) is 24.6 Å². The highest BCUT2D eigenvalue weighted by molar-refractivity contribution is 7.90. The van der Waals surface area contributed by atoms with Gasteiger partial charge in [0, 0.05) is 30.6 Å². The van der Waals surface area contributed by atoms with E-state index in [-0.39, 0.29) is 22.7 Å². The number of anilines is 1. The Labute approximate surface area is 203 Å². The quantitative estimate of drug-likeness (QED) is 0.452. The Bertz CT molecular complexity index is 1160. The predicted octanol–water partition coefficient (Wildman–Crippen LogP) is 4.55. The third kappa shape index (κ3) is 7.01. The van der Waals surface area contributed by atoms with Gasteiger partial charge in [-0.2, -0.15) is 0 Å². The van der Waals surface area contributed by atoms with Crippen molar-refractivity contribution in [3.8, 4) is 0 Å². The molecule has 2 aromatic carbocycles. The van der Waals surface area contributed by atoms with Crippen molar-refractivity contribution in [1.29, 1.82) is 0 Å². The topological polar surface area (TPSA) is 99.6 Å². The summed E-state index contributed by atoms with van der Waals surface area (Å²) in [7, 11) is -3.48. The minimum atomic E-state index is -3.48. The number of sulfone groups is 1. The predicted molar refractivity (Wildman–Crippen MR) is 132 cm³/mol. The Balaban J connectivity index is 0.000000968. The van der Waals surface area contributed by atoms with Gasteiger partial charge in [0.05, 0.1) is 32.6 Å². The number of rotatable bonds is 7. The lowest BCUT2D eigenvalue weighted by atomic mass is 10.0. The van der Waals surface area contributed by atoms with Crippen molar-refractivity contribution in [2.75, 3.05) is 18.4 Å². The van der Waals surface area contributed by atoms with Crippen molar-refractivity contribution in [3.05, 3.63) is 75.7 Å². The Hall–Kier alpha value is -2.46. The molecule has 1 aliphatic rings. The zero-order valence-electron chi connectivity index (χ0n) is 18.1. The number of nitrogens with zero attached hydrogens (tertiary/aromatic N) is 2. The van der Waals surface area contributed by atoms with Crippen LogP contribution >= 0.6 is 22.9 Å². The summed E-state index contributed by atoms with van der Waals surface area (Å²) < 4.78 is 25.3. The molecule has 0 radical (unpaired) electrons. The summed E-state index contributed by atoms with van der Waals surface area (Å²) >= 11 is 7.85. The van der Waals surface area contributed by atoms with Gasteiger partial charge in [-0.1, -0.05) is 41.9 Å². The number of hydrogen-bond donors (Lipinski definition) is 2. The van der Waals surface area contributed by atoms with Crippen LogP contribution in [0.5, 0.6) is 0 Å². The van der Waals surface area contributed by atoms with Crippen LogP contribution in [0.3, 0.4) is 0 Å². The van der Waals surface area contributed by atoms with Gasteiger partial charge in [0.25, 0.3) is 6.47 Å². The number of carbonyl (C=O) groups is 1. The van der Waals surface area contributed by atoms with Gasteiger partial charge in [-0.05, 0) is 37.1 Å². The first-order valence-electron chi connectivity index (χ1n) is 10.3. The van der Waals surface area contributed by atoms with E-state index in [1.54, 1.807) is 23.0 Å². The number of nitrogens with one attached hydrogen (secondary N) is 1. The Morgan fingerprint density at radius 1 is 1.27 bits per heavy atom. The molecule has 10 heteroatoms. The highest BCUT2D eigenvalue weighted by Crippen LogP contribution is 2.32.